The molecular weight excluding hydrogens is 299 g/mol. The largest absolute Gasteiger partial charge is 0.417 e. The van der Waals surface area contributed by atoms with Gasteiger partial charge in [0.2, 0.25) is 0 Å². The zero-order valence-corrected chi connectivity index (χ0v) is 12.7. The van der Waals surface area contributed by atoms with Gasteiger partial charge in [0.05, 0.1) is 5.56 Å². The van der Waals surface area contributed by atoms with Crippen molar-refractivity contribution in [2.45, 2.75) is 51.2 Å². The molecule has 0 aromatic carbocycles. The molecule has 1 aliphatic carbocycles. The molecule has 1 saturated carbocycles. The Morgan fingerprint density at radius 2 is 1.76 bits per heavy atom. The molecule has 0 N–H and O–H groups in total. The summed E-state index contributed by atoms with van der Waals surface area (Å²) in [4.78, 5) is 11.9. The molecule has 6 heteroatoms. The average Bonchev–Trinajstić information content (AvgIpc) is 2.66. The van der Waals surface area contributed by atoms with Gasteiger partial charge in [-0.05, 0) is 30.1 Å². The van der Waals surface area contributed by atoms with Crippen molar-refractivity contribution < 1.29 is 13.2 Å². The summed E-state index contributed by atoms with van der Waals surface area (Å²) in [6.07, 6.45) is 2.74. The Morgan fingerprint density at radius 3 is 2.29 bits per heavy atom. The van der Waals surface area contributed by atoms with Crippen molar-refractivity contribution in [1.29, 1.82) is 0 Å². The minimum Gasteiger partial charge on any atom is -0.314 e. The van der Waals surface area contributed by atoms with E-state index in [0.29, 0.717) is 12.3 Å². The molecule has 0 atom stereocenters. The number of alkyl halides is 3. The standard InChI is InChI=1S/C15H20F3NOS/c16-15(17,18)12-5-6-13(20)19(9-12)10-14(11-21)7-3-1-2-4-8-14/h5-6,9,21H,1-4,7-8,10-11H2. The van der Waals surface area contributed by atoms with E-state index in [1.54, 1.807) is 0 Å². The van der Waals surface area contributed by atoms with Gasteiger partial charge in [0, 0.05) is 18.8 Å². The van der Waals surface area contributed by atoms with E-state index in [1.807, 2.05) is 0 Å². The lowest BCUT2D eigenvalue weighted by molar-refractivity contribution is -0.138. The molecule has 1 aliphatic rings. The van der Waals surface area contributed by atoms with Crippen LogP contribution in [0.4, 0.5) is 13.2 Å². The molecule has 0 aliphatic heterocycles. The number of aromatic nitrogens is 1. The Kier molecular flexibility index (Phi) is 5.07. The maximum absolute atomic E-state index is 12.8. The van der Waals surface area contributed by atoms with Crippen LogP contribution in [0.5, 0.6) is 0 Å². The molecule has 1 aromatic rings. The summed E-state index contributed by atoms with van der Waals surface area (Å²) in [6, 6.07) is 1.85. The normalized spacial score (nSPS) is 19.2. The van der Waals surface area contributed by atoms with Crippen LogP contribution in [0.3, 0.4) is 0 Å². The summed E-state index contributed by atoms with van der Waals surface area (Å²) in [7, 11) is 0. The van der Waals surface area contributed by atoms with Crippen LogP contribution < -0.4 is 5.56 Å². The summed E-state index contributed by atoms with van der Waals surface area (Å²) in [5.41, 5.74) is -1.33. The molecule has 1 heterocycles. The Bertz CT molecular complexity index is 530. The van der Waals surface area contributed by atoms with Crippen molar-refractivity contribution in [2.24, 2.45) is 5.41 Å². The number of rotatable bonds is 3. The molecule has 1 aromatic heterocycles. The lowest BCUT2D eigenvalue weighted by Crippen LogP contribution is -2.34. The molecule has 0 bridgehead atoms. The molecule has 118 valence electrons. The fourth-order valence-corrected chi connectivity index (χ4v) is 3.44. The van der Waals surface area contributed by atoms with Crippen LogP contribution in [-0.4, -0.2) is 10.3 Å². The second-order valence-electron chi connectivity index (χ2n) is 5.95. The van der Waals surface area contributed by atoms with Gasteiger partial charge in [0.1, 0.15) is 0 Å². The van der Waals surface area contributed by atoms with Crippen LogP contribution in [0.1, 0.15) is 44.1 Å². The van der Waals surface area contributed by atoms with Crippen LogP contribution in [0.15, 0.2) is 23.1 Å². The summed E-state index contributed by atoms with van der Waals surface area (Å²) < 4.78 is 39.6. The lowest BCUT2D eigenvalue weighted by atomic mass is 9.82. The highest BCUT2D eigenvalue weighted by Gasteiger charge is 2.33. The van der Waals surface area contributed by atoms with E-state index in [-0.39, 0.29) is 11.0 Å². The highest BCUT2D eigenvalue weighted by molar-refractivity contribution is 7.80. The molecule has 21 heavy (non-hydrogen) atoms. The summed E-state index contributed by atoms with van der Waals surface area (Å²) >= 11 is 4.41. The summed E-state index contributed by atoms with van der Waals surface area (Å²) in [6.45, 7) is 0.319. The number of pyridine rings is 1. The Morgan fingerprint density at radius 1 is 1.14 bits per heavy atom. The number of thiol groups is 1. The first-order valence-electron chi connectivity index (χ1n) is 7.25. The fourth-order valence-electron chi connectivity index (χ4n) is 3.03. The third kappa shape index (κ3) is 4.05. The van der Waals surface area contributed by atoms with Gasteiger partial charge < -0.3 is 4.57 Å². The van der Waals surface area contributed by atoms with Crippen LogP contribution in [0, 0.1) is 5.41 Å². The molecule has 2 rings (SSSR count). The first-order chi connectivity index (χ1) is 9.86. The van der Waals surface area contributed by atoms with Gasteiger partial charge in [-0.3, -0.25) is 4.79 Å². The zero-order chi connectivity index (χ0) is 15.5. The average molecular weight is 319 g/mol. The highest BCUT2D eigenvalue weighted by atomic mass is 32.1. The van der Waals surface area contributed by atoms with Crippen molar-refractivity contribution in [1.82, 2.24) is 4.57 Å². The number of hydrogen-bond donors (Lipinski definition) is 1. The van der Waals surface area contributed by atoms with Crippen molar-refractivity contribution in [3.63, 3.8) is 0 Å². The minimum absolute atomic E-state index is 0.173. The number of hydrogen-bond acceptors (Lipinski definition) is 2. The predicted octanol–water partition coefficient (Wildman–Crippen LogP) is 4.14. The number of halogens is 3. The molecule has 0 unspecified atom stereocenters. The zero-order valence-electron chi connectivity index (χ0n) is 11.8. The molecule has 2 nitrogen and oxygen atoms in total. The molecule has 0 radical (unpaired) electrons. The second-order valence-corrected chi connectivity index (χ2v) is 6.27. The second kappa shape index (κ2) is 6.46. The van der Waals surface area contributed by atoms with E-state index in [4.69, 9.17) is 0 Å². The van der Waals surface area contributed by atoms with E-state index >= 15 is 0 Å². The number of nitrogens with zero attached hydrogens (tertiary/aromatic N) is 1. The van der Waals surface area contributed by atoms with E-state index in [9.17, 15) is 18.0 Å². The smallest absolute Gasteiger partial charge is 0.314 e. The third-order valence-corrected chi connectivity index (χ3v) is 4.99. The van der Waals surface area contributed by atoms with Gasteiger partial charge in [-0.25, -0.2) is 0 Å². The van der Waals surface area contributed by atoms with Gasteiger partial charge in [0.15, 0.2) is 0 Å². The quantitative estimate of drug-likeness (QED) is 0.656. The lowest BCUT2D eigenvalue weighted by Gasteiger charge is -2.32. The van der Waals surface area contributed by atoms with Gasteiger partial charge in [-0.2, -0.15) is 25.8 Å². The first-order valence-corrected chi connectivity index (χ1v) is 7.88. The first kappa shape index (κ1) is 16.5. The van der Waals surface area contributed by atoms with Crippen LogP contribution >= 0.6 is 12.6 Å². The van der Waals surface area contributed by atoms with Gasteiger partial charge in [0.25, 0.3) is 5.56 Å². The van der Waals surface area contributed by atoms with E-state index in [0.717, 1.165) is 56.9 Å². The minimum atomic E-state index is -4.42. The van der Waals surface area contributed by atoms with Crippen molar-refractivity contribution in [3.05, 3.63) is 34.2 Å². The van der Waals surface area contributed by atoms with E-state index < -0.39 is 11.7 Å². The van der Waals surface area contributed by atoms with Gasteiger partial charge in [-0.15, -0.1) is 0 Å². The summed E-state index contributed by atoms with van der Waals surface area (Å²) in [5, 5.41) is 0. The topological polar surface area (TPSA) is 22.0 Å². The fraction of sp³-hybridized carbons (Fsp3) is 0.667. The van der Waals surface area contributed by atoms with Gasteiger partial charge in [-0.1, -0.05) is 25.7 Å². The van der Waals surface area contributed by atoms with Crippen LogP contribution in [0.2, 0.25) is 0 Å². The third-order valence-electron chi connectivity index (χ3n) is 4.32. The molecule has 1 fully saturated rings. The Hall–Kier alpha value is -0.910. The van der Waals surface area contributed by atoms with Crippen molar-refractivity contribution in [2.75, 3.05) is 5.75 Å². The Labute approximate surface area is 127 Å². The van der Waals surface area contributed by atoms with Gasteiger partial charge >= 0.3 is 6.18 Å². The van der Waals surface area contributed by atoms with Crippen LogP contribution in [0.25, 0.3) is 0 Å². The molecule has 0 saturated heterocycles. The van der Waals surface area contributed by atoms with Crippen LogP contribution in [-0.2, 0) is 12.7 Å². The maximum atomic E-state index is 12.8. The Balaban J connectivity index is 2.30. The molecule has 0 spiro atoms. The summed E-state index contributed by atoms with van der Waals surface area (Å²) in [5.74, 6) is 0.593. The molecule has 0 amide bonds. The van der Waals surface area contributed by atoms with Crippen molar-refractivity contribution >= 4 is 12.6 Å². The van der Waals surface area contributed by atoms with Crippen molar-refractivity contribution in [3.8, 4) is 0 Å². The maximum Gasteiger partial charge on any atom is 0.417 e. The monoisotopic (exact) mass is 319 g/mol. The van der Waals surface area contributed by atoms with E-state index in [2.05, 4.69) is 12.6 Å². The molecular formula is C15H20F3NOS. The SMILES string of the molecule is O=c1ccc(C(F)(F)F)cn1CC1(CS)CCCCCC1. The predicted molar refractivity (Wildman–Crippen MR) is 79.7 cm³/mol. The highest BCUT2D eigenvalue weighted by Crippen LogP contribution is 2.37. The van der Waals surface area contributed by atoms with E-state index in [1.165, 1.54) is 4.57 Å².